The van der Waals surface area contributed by atoms with Gasteiger partial charge in [0.15, 0.2) is 0 Å². The molecule has 0 amide bonds. The number of hydrogen-bond acceptors (Lipinski definition) is 4. The first-order valence-corrected chi connectivity index (χ1v) is 6.75. The Morgan fingerprint density at radius 2 is 2.10 bits per heavy atom. The highest BCUT2D eigenvalue weighted by Crippen LogP contribution is 2.34. The van der Waals surface area contributed by atoms with Crippen molar-refractivity contribution >= 4 is 17.3 Å². The van der Waals surface area contributed by atoms with E-state index in [1.807, 2.05) is 31.3 Å². The van der Waals surface area contributed by atoms with Crippen LogP contribution in [0.1, 0.15) is 11.1 Å². The molecule has 0 saturated carbocycles. The Hall–Kier alpha value is -2.11. The van der Waals surface area contributed by atoms with E-state index in [0.717, 1.165) is 12.1 Å². The lowest BCUT2D eigenvalue weighted by Gasteiger charge is -2.10. The van der Waals surface area contributed by atoms with Crippen molar-refractivity contribution in [3.05, 3.63) is 62.7 Å². The second kappa shape index (κ2) is 6.56. The maximum atomic E-state index is 10.8. The van der Waals surface area contributed by atoms with Gasteiger partial charge in [0.2, 0.25) is 0 Å². The predicted molar refractivity (Wildman–Crippen MR) is 82.1 cm³/mol. The van der Waals surface area contributed by atoms with E-state index in [4.69, 9.17) is 16.3 Å². The number of aryl methyl sites for hydroxylation is 1. The molecule has 0 aromatic heterocycles. The largest absolute Gasteiger partial charge is 0.457 e. The number of nitro benzene ring substituents is 1. The van der Waals surface area contributed by atoms with E-state index in [9.17, 15) is 10.1 Å². The van der Waals surface area contributed by atoms with E-state index >= 15 is 0 Å². The SMILES string of the molecule is CNCc1cccc(Oc2cc(Cl)c([N+](=O)[O-])cc2C)c1. The van der Waals surface area contributed by atoms with E-state index in [1.165, 1.54) is 12.1 Å². The van der Waals surface area contributed by atoms with Gasteiger partial charge in [0, 0.05) is 18.7 Å². The van der Waals surface area contributed by atoms with Crippen molar-refractivity contribution < 1.29 is 9.66 Å². The molecule has 2 aromatic rings. The van der Waals surface area contributed by atoms with Crippen LogP contribution in [0.2, 0.25) is 5.02 Å². The highest BCUT2D eigenvalue weighted by atomic mass is 35.5. The molecule has 0 saturated heterocycles. The van der Waals surface area contributed by atoms with Crippen LogP contribution in [0.3, 0.4) is 0 Å². The van der Waals surface area contributed by atoms with Gasteiger partial charge in [-0.05, 0) is 37.2 Å². The van der Waals surface area contributed by atoms with Crippen molar-refractivity contribution in [2.45, 2.75) is 13.5 Å². The van der Waals surface area contributed by atoms with Crippen molar-refractivity contribution in [3.8, 4) is 11.5 Å². The highest BCUT2D eigenvalue weighted by Gasteiger charge is 2.16. The van der Waals surface area contributed by atoms with Crippen LogP contribution in [-0.2, 0) is 6.54 Å². The summed E-state index contributed by atoms with van der Waals surface area (Å²) in [6.07, 6.45) is 0. The number of ether oxygens (including phenoxy) is 1. The molecule has 2 rings (SSSR count). The van der Waals surface area contributed by atoms with E-state index in [1.54, 1.807) is 6.92 Å². The van der Waals surface area contributed by atoms with Gasteiger partial charge in [-0.15, -0.1) is 0 Å². The monoisotopic (exact) mass is 306 g/mol. The van der Waals surface area contributed by atoms with Gasteiger partial charge in [-0.3, -0.25) is 10.1 Å². The Morgan fingerprint density at radius 1 is 1.33 bits per heavy atom. The van der Waals surface area contributed by atoms with Gasteiger partial charge in [0.1, 0.15) is 16.5 Å². The average Bonchev–Trinajstić information content (AvgIpc) is 2.43. The van der Waals surface area contributed by atoms with Gasteiger partial charge in [-0.2, -0.15) is 0 Å². The molecule has 110 valence electrons. The minimum atomic E-state index is -0.507. The molecule has 2 aromatic carbocycles. The topological polar surface area (TPSA) is 64.4 Å². The summed E-state index contributed by atoms with van der Waals surface area (Å²) in [5.74, 6) is 1.17. The van der Waals surface area contributed by atoms with Gasteiger partial charge in [0.05, 0.1) is 4.92 Å². The maximum absolute atomic E-state index is 10.8. The molecule has 0 aliphatic heterocycles. The van der Waals surface area contributed by atoms with Crippen LogP contribution < -0.4 is 10.1 Å². The molecule has 6 heteroatoms. The zero-order valence-corrected chi connectivity index (χ0v) is 12.5. The predicted octanol–water partition coefficient (Wildman–Crippen LogP) is 4.07. The molecule has 0 fully saturated rings. The van der Waals surface area contributed by atoms with Crippen LogP contribution in [0, 0.1) is 17.0 Å². The highest BCUT2D eigenvalue weighted by molar-refractivity contribution is 6.32. The molecule has 21 heavy (non-hydrogen) atoms. The Bertz CT molecular complexity index is 674. The fourth-order valence-corrected chi connectivity index (χ4v) is 2.17. The molecule has 0 aliphatic rings. The molecule has 0 spiro atoms. The number of hydrogen-bond donors (Lipinski definition) is 1. The minimum Gasteiger partial charge on any atom is -0.457 e. The zero-order chi connectivity index (χ0) is 15.4. The Kier molecular flexibility index (Phi) is 4.77. The molecule has 0 atom stereocenters. The van der Waals surface area contributed by atoms with E-state index < -0.39 is 4.92 Å². The van der Waals surface area contributed by atoms with Crippen LogP contribution in [0.5, 0.6) is 11.5 Å². The Balaban J connectivity index is 2.29. The first kappa shape index (κ1) is 15.3. The third-order valence-corrected chi connectivity index (χ3v) is 3.25. The first-order valence-electron chi connectivity index (χ1n) is 6.37. The second-order valence-corrected chi connectivity index (χ2v) is 5.01. The van der Waals surface area contributed by atoms with Gasteiger partial charge in [0.25, 0.3) is 5.69 Å². The lowest BCUT2D eigenvalue weighted by Crippen LogP contribution is -2.04. The van der Waals surface area contributed by atoms with Crippen molar-refractivity contribution in [2.75, 3.05) is 7.05 Å². The molecule has 0 bridgehead atoms. The average molecular weight is 307 g/mol. The minimum absolute atomic E-state index is 0.0620. The lowest BCUT2D eigenvalue weighted by molar-refractivity contribution is -0.384. The standard InChI is InChI=1S/C15H15ClN2O3/c1-10-6-14(18(19)20)13(16)8-15(10)21-12-5-3-4-11(7-12)9-17-2/h3-8,17H,9H2,1-2H3. The lowest BCUT2D eigenvalue weighted by atomic mass is 10.2. The maximum Gasteiger partial charge on any atom is 0.288 e. The van der Waals surface area contributed by atoms with Gasteiger partial charge in [-0.25, -0.2) is 0 Å². The number of halogens is 1. The Morgan fingerprint density at radius 3 is 2.76 bits per heavy atom. The molecule has 5 nitrogen and oxygen atoms in total. The number of nitrogens with one attached hydrogen (secondary N) is 1. The summed E-state index contributed by atoms with van der Waals surface area (Å²) in [7, 11) is 1.87. The second-order valence-electron chi connectivity index (χ2n) is 4.61. The van der Waals surface area contributed by atoms with Crippen molar-refractivity contribution in [1.82, 2.24) is 5.32 Å². The molecule has 0 unspecified atom stereocenters. The van der Waals surface area contributed by atoms with E-state index in [0.29, 0.717) is 17.1 Å². The molecule has 0 heterocycles. The fraction of sp³-hybridized carbons (Fsp3) is 0.200. The summed E-state index contributed by atoms with van der Waals surface area (Å²) >= 11 is 5.91. The van der Waals surface area contributed by atoms with Crippen LogP contribution in [-0.4, -0.2) is 12.0 Å². The van der Waals surface area contributed by atoms with Crippen molar-refractivity contribution in [2.24, 2.45) is 0 Å². The normalized spacial score (nSPS) is 10.4. The molecule has 1 N–H and O–H groups in total. The summed E-state index contributed by atoms with van der Waals surface area (Å²) in [5.41, 5.74) is 1.62. The van der Waals surface area contributed by atoms with Crippen LogP contribution in [0.4, 0.5) is 5.69 Å². The molecule has 0 aliphatic carbocycles. The van der Waals surface area contributed by atoms with E-state index in [-0.39, 0.29) is 10.7 Å². The summed E-state index contributed by atoms with van der Waals surface area (Å²) in [6.45, 7) is 2.48. The molecule has 0 radical (unpaired) electrons. The summed E-state index contributed by atoms with van der Waals surface area (Å²) < 4.78 is 5.78. The number of benzene rings is 2. The van der Waals surface area contributed by atoms with Crippen molar-refractivity contribution in [1.29, 1.82) is 0 Å². The number of nitro groups is 1. The molecular formula is C15H15ClN2O3. The third-order valence-electron chi connectivity index (χ3n) is 2.95. The third kappa shape index (κ3) is 3.71. The van der Waals surface area contributed by atoms with Crippen LogP contribution in [0.15, 0.2) is 36.4 Å². The summed E-state index contributed by atoms with van der Waals surface area (Å²) in [5, 5.41) is 14.0. The Labute approximate surface area is 127 Å². The number of nitrogens with zero attached hydrogens (tertiary/aromatic N) is 1. The van der Waals surface area contributed by atoms with Crippen LogP contribution in [0.25, 0.3) is 0 Å². The van der Waals surface area contributed by atoms with Gasteiger partial charge < -0.3 is 10.1 Å². The fourth-order valence-electron chi connectivity index (χ4n) is 1.95. The summed E-state index contributed by atoms with van der Waals surface area (Å²) in [4.78, 5) is 10.3. The number of rotatable bonds is 5. The first-order chi connectivity index (χ1) is 10.0. The smallest absolute Gasteiger partial charge is 0.288 e. The zero-order valence-electron chi connectivity index (χ0n) is 11.7. The molecular weight excluding hydrogens is 292 g/mol. The van der Waals surface area contributed by atoms with Gasteiger partial charge in [-0.1, -0.05) is 23.7 Å². The summed E-state index contributed by atoms with van der Waals surface area (Å²) in [6, 6.07) is 10.5. The van der Waals surface area contributed by atoms with Crippen molar-refractivity contribution in [3.63, 3.8) is 0 Å². The van der Waals surface area contributed by atoms with Crippen LogP contribution >= 0.6 is 11.6 Å². The van der Waals surface area contributed by atoms with Gasteiger partial charge >= 0.3 is 0 Å². The quantitative estimate of drug-likeness (QED) is 0.668. The van der Waals surface area contributed by atoms with E-state index in [2.05, 4.69) is 5.32 Å².